The Bertz CT molecular complexity index is 467. The van der Waals surface area contributed by atoms with Crippen molar-refractivity contribution in [3.63, 3.8) is 0 Å². The highest BCUT2D eigenvalue weighted by molar-refractivity contribution is 5.92. The van der Waals surface area contributed by atoms with Gasteiger partial charge in [0, 0.05) is 24.8 Å². The van der Waals surface area contributed by atoms with E-state index in [1.54, 1.807) is 0 Å². The van der Waals surface area contributed by atoms with Crippen molar-refractivity contribution in [2.75, 3.05) is 19.6 Å². The molecule has 0 aromatic carbocycles. The van der Waals surface area contributed by atoms with Gasteiger partial charge in [0.1, 0.15) is 0 Å². The topological polar surface area (TPSA) is 50.2 Å². The summed E-state index contributed by atoms with van der Waals surface area (Å²) in [6.45, 7) is 3.81. The van der Waals surface area contributed by atoms with E-state index in [2.05, 4.69) is 22.2 Å². The third kappa shape index (κ3) is 3.33. The van der Waals surface area contributed by atoms with Gasteiger partial charge in [-0.3, -0.25) is 4.79 Å². The Morgan fingerprint density at radius 3 is 2.65 bits per heavy atom. The van der Waals surface area contributed by atoms with Crippen molar-refractivity contribution < 1.29 is 13.6 Å². The first-order valence-corrected chi connectivity index (χ1v) is 6.88. The maximum Gasteiger partial charge on any atom is 0.333 e. The molecule has 0 radical (unpaired) electrons. The maximum atomic E-state index is 12.6. The molecule has 1 fully saturated rings. The number of rotatable bonds is 4. The van der Waals surface area contributed by atoms with E-state index < -0.39 is 6.55 Å². The molecule has 1 amide bonds. The first-order valence-electron chi connectivity index (χ1n) is 6.88. The molecule has 1 aromatic heterocycles. The number of hydrogen-bond donors (Lipinski definition) is 1. The van der Waals surface area contributed by atoms with Gasteiger partial charge in [-0.05, 0) is 32.4 Å². The fourth-order valence-electron chi connectivity index (χ4n) is 2.45. The molecule has 2 heterocycles. The minimum atomic E-state index is -2.72. The molecule has 112 valence electrons. The van der Waals surface area contributed by atoms with Gasteiger partial charge in [0.2, 0.25) is 0 Å². The van der Waals surface area contributed by atoms with Crippen molar-refractivity contribution in [1.82, 2.24) is 20.0 Å². The molecule has 0 spiro atoms. The number of alkyl halides is 2. The van der Waals surface area contributed by atoms with Crippen LogP contribution in [0.2, 0.25) is 0 Å². The second-order valence-electron chi connectivity index (χ2n) is 5.08. The second-order valence-corrected chi connectivity index (χ2v) is 5.08. The smallest absolute Gasteiger partial charge is 0.333 e. The summed E-state index contributed by atoms with van der Waals surface area (Å²) in [7, 11) is 0. The lowest BCUT2D eigenvalue weighted by Gasteiger charge is -2.31. The number of aromatic nitrogens is 2. The van der Waals surface area contributed by atoms with E-state index >= 15 is 0 Å². The number of hydrogen-bond acceptors (Lipinski definition) is 3. The zero-order chi connectivity index (χ0) is 14.7. The molecule has 2 rings (SSSR count). The van der Waals surface area contributed by atoms with Gasteiger partial charge in [0.25, 0.3) is 5.91 Å². The van der Waals surface area contributed by atoms with Crippen LogP contribution < -0.4 is 5.32 Å². The molecule has 1 aliphatic rings. The van der Waals surface area contributed by atoms with Crippen LogP contribution in [-0.2, 0) is 0 Å². The zero-order valence-electron chi connectivity index (χ0n) is 11.8. The second kappa shape index (κ2) is 6.30. The molecule has 20 heavy (non-hydrogen) atoms. The lowest BCUT2D eigenvalue weighted by Crippen LogP contribution is -2.44. The van der Waals surface area contributed by atoms with Gasteiger partial charge in [0.05, 0.1) is 0 Å². The molecular formula is C13H20F2N4O. The van der Waals surface area contributed by atoms with Crippen molar-refractivity contribution in [2.24, 2.45) is 0 Å². The third-order valence-electron chi connectivity index (χ3n) is 3.71. The van der Waals surface area contributed by atoms with E-state index in [1.165, 1.54) is 13.0 Å². The quantitative estimate of drug-likeness (QED) is 0.918. The van der Waals surface area contributed by atoms with Crippen molar-refractivity contribution in [3.05, 3.63) is 17.5 Å². The molecule has 0 aliphatic carbocycles. The van der Waals surface area contributed by atoms with Crippen LogP contribution in [0.4, 0.5) is 8.78 Å². The highest BCUT2D eigenvalue weighted by Crippen LogP contribution is 2.15. The van der Waals surface area contributed by atoms with E-state index in [4.69, 9.17) is 0 Å². The van der Waals surface area contributed by atoms with Crippen LogP contribution in [0.3, 0.4) is 0 Å². The number of nitrogens with one attached hydrogen (secondary N) is 1. The van der Waals surface area contributed by atoms with E-state index in [1.807, 2.05) is 0 Å². The molecule has 0 unspecified atom stereocenters. The Balaban J connectivity index is 1.94. The van der Waals surface area contributed by atoms with Gasteiger partial charge in [-0.2, -0.15) is 13.9 Å². The Labute approximate surface area is 116 Å². The Morgan fingerprint density at radius 2 is 2.15 bits per heavy atom. The summed E-state index contributed by atoms with van der Waals surface area (Å²) in [6, 6.07) is 1.49. The van der Waals surface area contributed by atoms with Crippen molar-refractivity contribution in [1.29, 1.82) is 0 Å². The highest BCUT2D eigenvalue weighted by Gasteiger charge is 2.22. The average molecular weight is 286 g/mol. The van der Waals surface area contributed by atoms with Gasteiger partial charge in [-0.1, -0.05) is 6.92 Å². The van der Waals surface area contributed by atoms with Gasteiger partial charge < -0.3 is 10.2 Å². The summed E-state index contributed by atoms with van der Waals surface area (Å²) in [5.41, 5.74) is 0.340. The first kappa shape index (κ1) is 14.9. The zero-order valence-corrected chi connectivity index (χ0v) is 11.8. The molecule has 0 atom stereocenters. The minimum Gasteiger partial charge on any atom is -0.348 e. The molecule has 1 aromatic rings. The Hall–Kier alpha value is -1.50. The fraction of sp³-hybridized carbons (Fsp3) is 0.692. The predicted octanol–water partition coefficient (Wildman–Crippen LogP) is 1.80. The highest BCUT2D eigenvalue weighted by atomic mass is 19.3. The standard InChI is InChI=1S/C13H20F2N4O/c1-3-18-6-4-10(5-7-18)16-12(20)11-8-9(2)19(17-11)13(14)15/h8,10,13H,3-7H2,1-2H3,(H,16,20). The fourth-order valence-corrected chi connectivity index (χ4v) is 2.45. The van der Waals surface area contributed by atoms with Crippen LogP contribution in [0.15, 0.2) is 6.07 Å². The molecule has 5 nitrogen and oxygen atoms in total. The average Bonchev–Trinajstić information content (AvgIpc) is 2.82. The third-order valence-corrected chi connectivity index (χ3v) is 3.71. The number of nitrogens with zero attached hydrogens (tertiary/aromatic N) is 3. The van der Waals surface area contributed by atoms with Crippen LogP contribution in [0.5, 0.6) is 0 Å². The normalized spacial score (nSPS) is 17.6. The number of carbonyl (C=O) groups excluding carboxylic acids is 1. The largest absolute Gasteiger partial charge is 0.348 e. The van der Waals surface area contributed by atoms with E-state index in [9.17, 15) is 13.6 Å². The van der Waals surface area contributed by atoms with Crippen molar-refractivity contribution in [2.45, 2.75) is 39.3 Å². The lowest BCUT2D eigenvalue weighted by atomic mass is 10.1. The van der Waals surface area contributed by atoms with E-state index in [0.717, 1.165) is 32.5 Å². The SMILES string of the molecule is CCN1CCC(NC(=O)c2cc(C)n(C(F)F)n2)CC1. The summed E-state index contributed by atoms with van der Waals surface area (Å²) in [6.07, 6.45) is 1.77. The molecule has 1 saturated heterocycles. The number of amides is 1. The van der Waals surface area contributed by atoms with Crippen LogP contribution >= 0.6 is 0 Å². The van der Waals surface area contributed by atoms with Crippen molar-refractivity contribution in [3.8, 4) is 0 Å². The molecule has 0 bridgehead atoms. The Kier molecular flexibility index (Phi) is 4.69. The molecule has 1 aliphatic heterocycles. The first-order chi connectivity index (χ1) is 9.51. The van der Waals surface area contributed by atoms with Crippen LogP contribution in [-0.4, -0.2) is 46.3 Å². The van der Waals surface area contributed by atoms with Gasteiger partial charge >= 0.3 is 6.55 Å². The van der Waals surface area contributed by atoms with Crippen LogP contribution in [0.25, 0.3) is 0 Å². The minimum absolute atomic E-state index is 0.0562. The predicted molar refractivity (Wildman–Crippen MR) is 70.8 cm³/mol. The summed E-state index contributed by atoms with van der Waals surface area (Å²) in [5.74, 6) is -0.373. The number of piperidine rings is 1. The molecule has 0 saturated carbocycles. The Morgan fingerprint density at radius 1 is 1.50 bits per heavy atom. The van der Waals surface area contributed by atoms with Gasteiger partial charge in [-0.15, -0.1) is 0 Å². The number of halogens is 2. The summed E-state index contributed by atoms with van der Waals surface area (Å²) in [4.78, 5) is 14.3. The number of carbonyl (C=O) groups is 1. The van der Waals surface area contributed by atoms with Gasteiger partial charge in [0.15, 0.2) is 5.69 Å². The van der Waals surface area contributed by atoms with E-state index in [0.29, 0.717) is 4.68 Å². The summed E-state index contributed by atoms with van der Waals surface area (Å²) in [5, 5.41) is 6.52. The summed E-state index contributed by atoms with van der Waals surface area (Å²) < 4.78 is 25.8. The number of aryl methyl sites for hydroxylation is 1. The van der Waals surface area contributed by atoms with Crippen molar-refractivity contribution >= 4 is 5.91 Å². The summed E-state index contributed by atoms with van der Waals surface area (Å²) >= 11 is 0. The lowest BCUT2D eigenvalue weighted by molar-refractivity contribution is 0.0538. The molecular weight excluding hydrogens is 266 g/mol. The maximum absolute atomic E-state index is 12.6. The van der Waals surface area contributed by atoms with Crippen LogP contribution in [0.1, 0.15) is 42.5 Å². The molecule has 7 heteroatoms. The monoisotopic (exact) mass is 286 g/mol. The van der Waals surface area contributed by atoms with Crippen LogP contribution in [0, 0.1) is 6.92 Å². The van der Waals surface area contributed by atoms with E-state index in [-0.39, 0.29) is 23.3 Å². The number of likely N-dealkylation sites (tertiary alicyclic amines) is 1. The van der Waals surface area contributed by atoms with Gasteiger partial charge in [-0.25, -0.2) is 4.68 Å². The molecule has 1 N–H and O–H groups in total.